The van der Waals surface area contributed by atoms with E-state index in [-0.39, 0.29) is 23.2 Å². The number of amides is 1. The minimum absolute atomic E-state index is 0. The number of benzene rings is 2. The van der Waals surface area contributed by atoms with Crippen LogP contribution in [0.15, 0.2) is 59.0 Å². The van der Waals surface area contributed by atoms with Gasteiger partial charge < -0.3 is 10.6 Å². The molecular weight excluding hydrogens is 410 g/mol. The Hall–Kier alpha value is -2.35. The van der Waals surface area contributed by atoms with Crippen molar-refractivity contribution in [1.82, 2.24) is 10.6 Å². The van der Waals surface area contributed by atoms with Crippen molar-refractivity contribution in [2.45, 2.75) is 25.2 Å². The molecule has 29 heavy (non-hydrogen) atoms. The molecule has 0 unspecified atom stereocenters. The molecule has 1 aliphatic heterocycles. The number of hydrogen-bond donors (Lipinski definition) is 3. The number of aryl methyl sites for hydroxylation is 2. The van der Waals surface area contributed by atoms with Crippen molar-refractivity contribution in [3.63, 3.8) is 0 Å². The van der Waals surface area contributed by atoms with E-state index in [0.29, 0.717) is 23.4 Å². The molecule has 1 amide bonds. The zero-order valence-electron chi connectivity index (χ0n) is 16.5. The Morgan fingerprint density at radius 2 is 1.93 bits per heavy atom. The molecular formula is C21H26ClN3O3S. The summed E-state index contributed by atoms with van der Waals surface area (Å²) in [6, 6.07) is 11.9. The minimum Gasteiger partial charge on any atom is -0.348 e. The lowest BCUT2D eigenvalue weighted by molar-refractivity contribution is 0.0956. The summed E-state index contributed by atoms with van der Waals surface area (Å²) >= 11 is 0. The third kappa shape index (κ3) is 6.06. The van der Waals surface area contributed by atoms with Crippen LogP contribution in [0.25, 0.3) is 0 Å². The van der Waals surface area contributed by atoms with Crippen LogP contribution in [0.3, 0.4) is 0 Å². The van der Waals surface area contributed by atoms with E-state index in [2.05, 4.69) is 21.4 Å². The van der Waals surface area contributed by atoms with Crippen molar-refractivity contribution in [1.29, 1.82) is 0 Å². The maximum absolute atomic E-state index is 12.9. The Morgan fingerprint density at radius 3 is 2.62 bits per heavy atom. The Labute approximate surface area is 178 Å². The molecule has 0 aromatic heterocycles. The second-order valence-electron chi connectivity index (χ2n) is 6.95. The first-order valence-corrected chi connectivity index (χ1v) is 10.7. The minimum atomic E-state index is -3.80. The molecule has 0 fully saturated rings. The van der Waals surface area contributed by atoms with Gasteiger partial charge in [0.25, 0.3) is 15.9 Å². The van der Waals surface area contributed by atoms with Gasteiger partial charge in [0.05, 0.1) is 4.90 Å². The average Bonchev–Trinajstić information content (AvgIpc) is 2.67. The van der Waals surface area contributed by atoms with Gasteiger partial charge in [-0.1, -0.05) is 29.8 Å². The van der Waals surface area contributed by atoms with Gasteiger partial charge in [0.15, 0.2) is 0 Å². The number of hydrogen-bond acceptors (Lipinski definition) is 4. The van der Waals surface area contributed by atoms with Gasteiger partial charge in [-0.05, 0) is 62.2 Å². The fourth-order valence-electron chi connectivity index (χ4n) is 3.08. The molecule has 0 saturated carbocycles. The van der Waals surface area contributed by atoms with Gasteiger partial charge in [-0.15, -0.1) is 12.4 Å². The highest BCUT2D eigenvalue weighted by Crippen LogP contribution is 2.21. The normalized spacial score (nSPS) is 13.8. The number of nitrogens with one attached hydrogen (secondary N) is 3. The molecule has 0 radical (unpaired) electrons. The first kappa shape index (κ1) is 22.9. The van der Waals surface area contributed by atoms with Gasteiger partial charge in [0.2, 0.25) is 0 Å². The molecule has 3 N–H and O–H groups in total. The Morgan fingerprint density at radius 1 is 1.14 bits per heavy atom. The molecule has 0 atom stereocenters. The predicted octanol–water partition coefficient (Wildman–Crippen LogP) is 3.18. The number of rotatable bonds is 6. The second kappa shape index (κ2) is 9.91. The molecule has 3 rings (SSSR count). The van der Waals surface area contributed by atoms with E-state index in [1.807, 2.05) is 13.0 Å². The van der Waals surface area contributed by atoms with E-state index < -0.39 is 10.0 Å². The van der Waals surface area contributed by atoms with E-state index in [1.54, 1.807) is 37.3 Å². The van der Waals surface area contributed by atoms with E-state index in [0.717, 1.165) is 25.1 Å². The fraction of sp³-hybridized carbons (Fsp3) is 0.286. The van der Waals surface area contributed by atoms with Crippen LogP contribution in [0.5, 0.6) is 0 Å². The van der Waals surface area contributed by atoms with Crippen LogP contribution < -0.4 is 15.4 Å². The summed E-state index contributed by atoms with van der Waals surface area (Å²) in [6.45, 7) is 5.79. The summed E-state index contributed by atoms with van der Waals surface area (Å²) in [7, 11) is -3.80. The van der Waals surface area contributed by atoms with Crippen molar-refractivity contribution in [3.8, 4) is 0 Å². The Bertz CT molecular complexity index is 1020. The van der Waals surface area contributed by atoms with Crippen molar-refractivity contribution in [2.75, 3.05) is 24.4 Å². The van der Waals surface area contributed by atoms with Gasteiger partial charge in [-0.3, -0.25) is 9.52 Å². The lowest BCUT2D eigenvalue weighted by atomic mass is 10.1. The summed E-state index contributed by atoms with van der Waals surface area (Å²) in [5.74, 6) is -0.286. The van der Waals surface area contributed by atoms with Crippen molar-refractivity contribution < 1.29 is 13.2 Å². The highest BCUT2D eigenvalue weighted by Gasteiger charge is 2.19. The molecule has 0 bridgehead atoms. The molecule has 0 spiro atoms. The molecule has 0 aliphatic carbocycles. The van der Waals surface area contributed by atoms with Crippen LogP contribution in [-0.2, 0) is 10.0 Å². The fourth-order valence-corrected chi connectivity index (χ4v) is 4.40. The maximum Gasteiger partial charge on any atom is 0.262 e. The summed E-state index contributed by atoms with van der Waals surface area (Å²) in [5.41, 5.74) is 3.53. The molecule has 6 nitrogen and oxygen atoms in total. The van der Waals surface area contributed by atoms with E-state index in [1.165, 1.54) is 11.6 Å². The van der Waals surface area contributed by atoms with Crippen LogP contribution in [0.2, 0.25) is 0 Å². The van der Waals surface area contributed by atoms with Crippen LogP contribution in [-0.4, -0.2) is 34.0 Å². The number of sulfonamides is 1. The third-order valence-electron chi connectivity index (χ3n) is 4.64. The highest BCUT2D eigenvalue weighted by molar-refractivity contribution is 7.92. The zero-order valence-corrected chi connectivity index (χ0v) is 18.1. The lowest BCUT2D eigenvalue weighted by Gasteiger charge is -2.15. The Kier molecular flexibility index (Phi) is 7.84. The van der Waals surface area contributed by atoms with Crippen LogP contribution in [0.4, 0.5) is 5.69 Å². The smallest absolute Gasteiger partial charge is 0.262 e. The van der Waals surface area contributed by atoms with E-state index in [4.69, 9.17) is 0 Å². The topological polar surface area (TPSA) is 87.3 Å². The quantitative estimate of drug-likeness (QED) is 0.608. The monoisotopic (exact) mass is 435 g/mol. The molecule has 0 saturated heterocycles. The van der Waals surface area contributed by atoms with Gasteiger partial charge >= 0.3 is 0 Å². The third-order valence-corrected chi connectivity index (χ3v) is 6.17. The standard InChI is InChI=1S/C21H25N3O3S.ClH/c1-15-4-3-5-19(12-15)24-28(26,27)20-13-18(7-6-16(20)2)21(25)23-14-17-8-10-22-11-9-17;/h3-8,12-13,22,24H,9-11,14H2,1-2H3,(H,23,25);1H. The number of halogens is 1. The van der Waals surface area contributed by atoms with Crippen LogP contribution in [0, 0.1) is 13.8 Å². The molecule has 8 heteroatoms. The van der Waals surface area contributed by atoms with Crippen molar-refractivity contribution in [2.24, 2.45) is 0 Å². The summed E-state index contributed by atoms with van der Waals surface area (Å²) in [4.78, 5) is 12.6. The lowest BCUT2D eigenvalue weighted by Crippen LogP contribution is -2.29. The van der Waals surface area contributed by atoms with Crippen molar-refractivity contribution >= 4 is 34.0 Å². The molecule has 1 aliphatic rings. The highest BCUT2D eigenvalue weighted by atomic mass is 35.5. The van der Waals surface area contributed by atoms with Gasteiger partial charge in [-0.25, -0.2) is 8.42 Å². The maximum atomic E-state index is 12.9. The first-order valence-electron chi connectivity index (χ1n) is 9.22. The van der Waals surface area contributed by atoms with Gasteiger partial charge in [0.1, 0.15) is 0 Å². The second-order valence-corrected chi connectivity index (χ2v) is 8.61. The number of anilines is 1. The zero-order chi connectivity index (χ0) is 20.1. The van der Waals surface area contributed by atoms with Gasteiger partial charge in [-0.2, -0.15) is 0 Å². The van der Waals surface area contributed by atoms with Crippen LogP contribution >= 0.6 is 12.4 Å². The first-order chi connectivity index (χ1) is 13.3. The molecule has 1 heterocycles. The van der Waals surface area contributed by atoms with Gasteiger partial charge in [0, 0.05) is 24.3 Å². The molecule has 2 aromatic carbocycles. The summed E-state index contributed by atoms with van der Waals surface area (Å²) < 4.78 is 28.3. The van der Waals surface area contributed by atoms with Crippen LogP contribution in [0.1, 0.15) is 27.9 Å². The molecule has 2 aromatic rings. The number of carbonyl (C=O) groups excluding carboxylic acids is 1. The average molecular weight is 436 g/mol. The Balaban J connectivity index is 0.00000300. The summed E-state index contributed by atoms with van der Waals surface area (Å²) in [5, 5.41) is 6.10. The largest absolute Gasteiger partial charge is 0.348 e. The predicted molar refractivity (Wildman–Crippen MR) is 118 cm³/mol. The van der Waals surface area contributed by atoms with E-state index in [9.17, 15) is 13.2 Å². The molecule has 156 valence electrons. The summed E-state index contributed by atoms with van der Waals surface area (Å²) in [6.07, 6.45) is 2.97. The van der Waals surface area contributed by atoms with E-state index >= 15 is 0 Å². The SMILES string of the molecule is Cc1cccc(NS(=O)(=O)c2cc(C(=O)NCC3=CCNCC3)ccc2C)c1.Cl. The number of carbonyl (C=O) groups is 1. The van der Waals surface area contributed by atoms with Crippen molar-refractivity contribution in [3.05, 3.63) is 70.8 Å².